The maximum atomic E-state index is 12.8. The molecule has 15 heteroatoms. The number of ether oxygens (including phenoxy) is 2. The molecule has 0 radical (unpaired) electrons. The summed E-state index contributed by atoms with van der Waals surface area (Å²) in [5, 5.41) is 4.62. The highest BCUT2D eigenvalue weighted by Crippen LogP contribution is 2.33. The Morgan fingerprint density at radius 3 is 2.49 bits per heavy atom. The third-order valence-corrected chi connectivity index (χ3v) is 7.38. The highest BCUT2D eigenvalue weighted by molar-refractivity contribution is 8.15. The minimum Gasteiger partial charge on any atom is -0.497 e. The van der Waals surface area contributed by atoms with Crippen LogP contribution in [0.2, 0.25) is 0 Å². The van der Waals surface area contributed by atoms with E-state index in [9.17, 15) is 22.8 Å². The summed E-state index contributed by atoms with van der Waals surface area (Å²) >= 11 is 1.16. The predicted molar refractivity (Wildman–Crippen MR) is 161 cm³/mol. The summed E-state index contributed by atoms with van der Waals surface area (Å²) in [6.45, 7) is 2.08. The molecule has 0 saturated carbocycles. The first-order valence-electron chi connectivity index (χ1n) is 13.6. The average Bonchev–Trinajstić information content (AvgIpc) is 3.65. The van der Waals surface area contributed by atoms with E-state index in [-0.39, 0.29) is 29.2 Å². The fourth-order valence-electron chi connectivity index (χ4n) is 4.40. The number of nitrogens with one attached hydrogen (secondary N) is 1. The van der Waals surface area contributed by atoms with Crippen LogP contribution in [-0.4, -0.2) is 51.1 Å². The van der Waals surface area contributed by atoms with E-state index in [1.165, 1.54) is 40.2 Å². The van der Waals surface area contributed by atoms with Gasteiger partial charge in [-0.2, -0.15) is 4.99 Å². The second-order valence-electron chi connectivity index (χ2n) is 9.60. The van der Waals surface area contributed by atoms with Crippen LogP contribution < -0.4 is 19.9 Å². The summed E-state index contributed by atoms with van der Waals surface area (Å²) in [4.78, 5) is 40.4. The van der Waals surface area contributed by atoms with E-state index in [1.807, 2.05) is 19.1 Å². The molecule has 1 aliphatic heterocycles. The Kier molecular flexibility index (Phi) is 9.68. The molecule has 3 amide bonds. The lowest BCUT2D eigenvalue weighted by molar-refractivity contribution is -0.274. The topological polar surface area (TPSA) is 120 Å². The number of nitrogens with zero attached hydrogens (tertiary/aromatic N) is 5. The number of methoxy groups -OCH3 is 1. The number of thioether (sulfide) groups is 1. The summed E-state index contributed by atoms with van der Waals surface area (Å²) in [6.07, 6.45) is -1.71. The summed E-state index contributed by atoms with van der Waals surface area (Å²) in [5.74, 6) is 0.611. The Morgan fingerprint density at radius 2 is 1.80 bits per heavy atom. The van der Waals surface area contributed by atoms with Gasteiger partial charge >= 0.3 is 12.4 Å². The molecule has 0 aliphatic carbocycles. The average molecular weight is 641 g/mol. The Labute approximate surface area is 260 Å². The first-order valence-corrected chi connectivity index (χ1v) is 14.6. The number of aromatic nitrogens is 3. The third-order valence-electron chi connectivity index (χ3n) is 6.45. The number of benzene rings is 3. The van der Waals surface area contributed by atoms with E-state index in [2.05, 4.69) is 25.3 Å². The van der Waals surface area contributed by atoms with Gasteiger partial charge in [-0.25, -0.2) is 19.9 Å². The van der Waals surface area contributed by atoms with Gasteiger partial charge < -0.3 is 9.47 Å². The van der Waals surface area contributed by atoms with Crippen molar-refractivity contribution in [2.24, 2.45) is 4.99 Å². The molecule has 11 nitrogen and oxygen atoms in total. The van der Waals surface area contributed by atoms with E-state index in [4.69, 9.17) is 9.57 Å². The molecular weight excluding hydrogens is 613 g/mol. The van der Waals surface area contributed by atoms with Gasteiger partial charge in [0.1, 0.15) is 17.8 Å². The molecule has 1 aliphatic rings. The minimum absolute atomic E-state index is 0.0391. The highest BCUT2D eigenvalue weighted by atomic mass is 32.2. The number of amides is 3. The maximum absolute atomic E-state index is 12.8. The van der Waals surface area contributed by atoms with Crippen molar-refractivity contribution in [2.75, 3.05) is 17.8 Å². The summed E-state index contributed by atoms with van der Waals surface area (Å²) in [7, 11) is 1.54. The first-order chi connectivity index (χ1) is 21.6. The Bertz CT molecular complexity index is 1690. The van der Waals surface area contributed by atoms with Crippen LogP contribution in [-0.2, 0) is 22.7 Å². The van der Waals surface area contributed by atoms with Gasteiger partial charge in [-0.15, -0.1) is 18.3 Å². The van der Waals surface area contributed by atoms with Crippen LogP contribution in [0.1, 0.15) is 24.5 Å². The lowest BCUT2D eigenvalue weighted by atomic mass is 10.1. The zero-order valence-corrected chi connectivity index (χ0v) is 24.9. The molecule has 0 atom stereocenters. The summed E-state index contributed by atoms with van der Waals surface area (Å²) < 4.78 is 47.8. The highest BCUT2D eigenvalue weighted by Gasteiger charge is 2.32. The largest absolute Gasteiger partial charge is 0.573 e. The fourth-order valence-corrected chi connectivity index (χ4v) is 5.26. The lowest BCUT2D eigenvalue weighted by Gasteiger charge is -2.20. The van der Waals surface area contributed by atoms with Gasteiger partial charge in [0.15, 0.2) is 11.0 Å². The molecule has 0 spiro atoms. The van der Waals surface area contributed by atoms with Gasteiger partial charge in [-0.3, -0.25) is 14.5 Å². The smallest absolute Gasteiger partial charge is 0.497 e. The molecule has 0 bridgehead atoms. The van der Waals surface area contributed by atoms with Gasteiger partial charge in [0.05, 0.1) is 30.8 Å². The van der Waals surface area contributed by atoms with Crippen LogP contribution in [0.5, 0.6) is 11.5 Å². The molecule has 4 aromatic rings. The number of amidine groups is 1. The van der Waals surface area contributed by atoms with Crippen molar-refractivity contribution in [2.45, 2.75) is 32.7 Å². The number of carbonyl (C=O) groups is 2. The zero-order chi connectivity index (χ0) is 32.0. The number of alkyl halides is 3. The SMILES string of the molecule is CCCc1ccc(OC)cc1N1C(=O)CS/C1=N\C(=O)NOCc1ccc(-c2ncn(-c3ccc(OC(F)(F)F)cc3)n2)cc1. The van der Waals surface area contributed by atoms with Crippen molar-refractivity contribution in [3.8, 4) is 28.6 Å². The van der Waals surface area contributed by atoms with E-state index < -0.39 is 12.4 Å². The van der Waals surface area contributed by atoms with E-state index in [1.54, 1.807) is 37.4 Å². The number of hydroxylamine groups is 1. The predicted octanol–water partition coefficient (Wildman–Crippen LogP) is 6.07. The fraction of sp³-hybridized carbons (Fsp3) is 0.233. The molecule has 1 aromatic heterocycles. The molecule has 1 saturated heterocycles. The van der Waals surface area contributed by atoms with Crippen LogP contribution in [0, 0.1) is 0 Å². The van der Waals surface area contributed by atoms with Crippen molar-refractivity contribution in [3.63, 3.8) is 0 Å². The number of anilines is 1. The van der Waals surface area contributed by atoms with Gasteiger partial charge in [0.25, 0.3) is 0 Å². The van der Waals surface area contributed by atoms with Crippen LogP contribution in [0.4, 0.5) is 23.7 Å². The molecule has 234 valence electrons. The van der Waals surface area contributed by atoms with Gasteiger partial charge in [0.2, 0.25) is 5.91 Å². The zero-order valence-electron chi connectivity index (χ0n) is 24.1. The van der Waals surface area contributed by atoms with Crippen LogP contribution in [0.25, 0.3) is 17.1 Å². The van der Waals surface area contributed by atoms with Crippen molar-refractivity contribution in [1.82, 2.24) is 20.2 Å². The number of aliphatic imine (C=N–C) groups is 1. The monoisotopic (exact) mass is 640 g/mol. The Hall–Kier alpha value is -4.89. The maximum Gasteiger partial charge on any atom is 0.573 e. The summed E-state index contributed by atoms with van der Waals surface area (Å²) in [5.41, 5.74) is 5.79. The van der Waals surface area contributed by atoms with Crippen LogP contribution >= 0.6 is 11.8 Å². The van der Waals surface area contributed by atoms with E-state index >= 15 is 0 Å². The molecule has 1 N–H and O–H groups in total. The van der Waals surface area contributed by atoms with E-state index in [0.717, 1.165) is 35.7 Å². The standard InChI is InChI=1S/C30H27F3N6O5S/c1-3-4-20-9-12-24(42-2)15-25(20)39-26(40)17-45-29(39)35-28(41)37-43-16-19-5-7-21(8-6-19)27-34-18-38(36-27)22-10-13-23(14-11-22)44-30(31,32)33/h5-15,18H,3-4,16-17H2,1-2H3,(H,37,41)/b35-29-. The second-order valence-corrected chi connectivity index (χ2v) is 10.5. The van der Waals surface area contributed by atoms with Gasteiger partial charge in [-0.1, -0.05) is 55.4 Å². The number of aryl methyl sites for hydroxylation is 1. The Morgan fingerprint density at radius 1 is 1.07 bits per heavy atom. The molecule has 1 fully saturated rings. The van der Waals surface area contributed by atoms with Gasteiger partial charge in [0, 0.05) is 11.6 Å². The number of rotatable bonds is 10. The molecule has 45 heavy (non-hydrogen) atoms. The molecule has 0 unspecified atom stereocenters. The number of urea groups is 1. The molecule has 5 rings (SSSR count). The van der Waals surface area contributed by atoms with Crippen molar-refractivity contribution >= 4 is 34.6 Å². The molecule has 2 heterocycles. The Balaban J connectivity index is 1.17. The molecular formula is C30H27F3N6O5S. The summed E-state index contributed by atoms with van der Waals surface area (Å²) in [6, 6.07) is 17.0. The van der Waals surface area contributed by atoms with Crippen molar-refractivity contribution < 1.29 is 37.1 Å². The van der Waals surface area contributed by atoms with Crippen LogP contribution in [0.15, 0.2) is 78.0 Å². The second kappa shape index (κ2) is 13.8. The number of carbonyl (C=O) groups excluding carboxylic acids is 2. The first kappa shape index (κ1) is 31.5. The number of hydrogen-bond donors (Lipinski definition) is 1. The third kappa shape index (κ3) is 7.99. The lowest BCUT2D eigenvalue weighted by Crippen LogP contribution is -2.32. The minimum atomic E-state index is -4.77. The van der Waals surface area contributed by atoms with Crippen molar-refractivity contribution in [3.05, 3.63) is 84.2 Å². The normalized spacial score (nSPS) is 14.2. The number of halogens is 3. The number of hydrogen-bond acceptors (Lipinski definition) is 8. The molecule has 3 aromatic carbocycles. The van der Waals surface area contributed by atoms with Crippen molar-refractivity contribution in [1.29, 1.82) is 0 Å². The quantitative estimate of drug-likeness (QED) is 0.208. The van der Waals surface area contributed by atoms with Crippen LogP contribution in [0.3, 0.4) is 0 Å². The van der Waals surface area contributed by atoms with E-state index in [0.29, 0.717) is 28.5 Å². The van der Waals surface area contributed by atoms with Gasteiger partial charge in [-0.05, 0) is 47.9 Å².